The minimum Gasteiger partial charge on any atom is -0.380 e. The van der Waals surface area contributed by atoms with Gasteiger partial charge in [-0.15, -0.1) is 0 Å². The zero-order valence-electron chi connectivity index (χ0n) is 16.4. The van der Waals surface area contributed by atoms with Gasteiger partial charge >= 0.3 is 0 Å². The van der Waals surface area contributed by atoms with Gasteiger partial charge in [-0.1, -0.05) is 24.6 Å². The Bertz CT molecular complexity index is 813. The summed E-state index contributed by atoms with van der Waals surface area (Å²) in [5.74, 6) is 0.990. The maximum Gasteiger partial charge on any atom is 0.252 e. The van der Waals surface area contributed by atoms with E-state index in [-0.39, 0.29) is 18.0 Å². The standard InChI is InChI=1S/C20H27ClN6O/c1-4-22-20(28)15-7-16-19(26-10-15)27-17(11-24-16)13(3)23-8-12(2)14-5-6-18(21)25-9-14/h5-7,9-10,12-13,17,23-24H,4,8,11H2,1-3H3,(H,22,28)(H,26,27)/t12-,13-,17-/m1/s1. The van der Waals surface area contributed by atoms with Gasteiger partial charge in [0.2, 0.25) is 0 Å². The normalized spacial score (nSPS) is 17.6. The molecular formula is C20H27ClN6O. The second-order valence-electron chi connectivity index (χ2n) is 7.12. The summed E-state index contributed by atoms with van der Waals surface area (Å²) in [5, 5.41) is 13.7. The SMILES string of the molecule is CCNC(=O)c1cnc2c(c1)NC[C@H]([C@@H](C)NC[C@@H](C)c1ccc(Cl)nc1)N2. The Morgan fingerprint density at radius 3 is 2.86 bits per heavy atom. The molecule has 0 unspecified atom stereocenters. The van der Waals surface area contributed by atoms with Crippen LogP contribution in [-0.2, 0) is 0 Å². The van der Waals surface area contributed by atoms with E-state index in [0.29, 0.717) is 23.2 Å². The third kappa shape index (κ3) is 4.91. The van der Waals surface area contributed by atoms with E-state index in [4.69, 9.17) is 11.6 Å². The van der Waals surface area contributed by atoms with Gasteiger partial charge in [0.1, 0.15) is 11.0 Å². The van der Waals surface area contributed by atoms with E-state index in [2.05, 4.69) is 45.1 Å². The number of amides is 1. The first kappa shape index (κ1) is 20.4. The highest BCUT2D eigenvalue weighted by Crippen LogP contribution is 2.25. The minimum absolute atomic E-state index is 0.109. The summed E-state index contributed by atoms with van der Waals surface area (Å²) in [4.78, 5) is 20.5. The quantitative estimate of drug-likeness (QED) is 0.532. The van der Waals surface area contributed by atoms with Gasteiger partial charge in [0.05, 0.1) is 17.3 Å². The van der Waals surface area contributed by atoms with Crippen molar-refractivity contribution in [3.63, 3.8) is 0 Å². The summed E-state index contributed by atoms with van der Waals surface area (Å²) in [5.41, 5.74) is 2.57. The summed E-state index contributed by atoms with van der Waals surface area (Å²) in [6, 6.07) is 6.09. The molecule has 150 valence electrons. The van der Waals surface area contributed by atoms with Crippen LogP contribution in [-0.4, -0.2) is 47.6 Å². The van der Waals surface area contributed by atoms with Gasteiger partial charge in [-0.05, 0) is 37.5 Å². The predicted octanol–water partition coefficient (Wildman–Crippen LogP) is 2.87. The Balaban J connectivity index is 1.55. The summed E-state index contributed by atoms with van der Waals surface area (Å²) in [6.45, 7) is 8.39. The number of hydrogen-bond acceptors (Lipinski definition) is 6. The van der Waals surface area contributed by atoms with Crippen LogP contribution in [0.1, 0.15) is 42.6 Å². The van der Waals surface area contributed by atoms with Crippen LogP contribution in [0.25, 0.3) is 0 Å². The Labute approximate surface area is 170 Å². The van der Waals surface area contributed by atoms with E-state index >= 15 is 0 Å². The monoisotopic (exact) mass is 402 g/mol. The molecule has 0 spiro atoms. The number of pyridine rings is 2. The number of halogens is 1. The Hall–Kier alpha value is -2.38. The maximum atomic E-state index is 12.0. The number of hydrogen-bond donors (Lipinski definition) is 4. The van der Waals surface area contributed by atoms with Crippen molar-refractivity contribution in [2.45, 2.75) is 38.8 Å². The fourth-order valence-electron chi connectivity index (χ4n) is 3.15. The van der Waals surface area contributed by atoms with Crippen LogP contribution in [0, 0.1) is 0 Å². The fraction of sp³-hybridized carbons (Fsp3) is 0.450. The van der Waals surface area contributed by atoms with Gasteiger partial charge in [0.15, 0.2) is 0 Å². The summed E-state index contributed by atoms with van der Waals surface area (Å²) in [6.07, 6.45) is 3.43. The molecule has 0 aliphatic carbocycles. The number of carbonyl (C=O) groups is 1. The molecule has 2 aromatic heterocycles. The van der Waals surface area contributed by atoms with E-state index in [1.807, 2.05) is 31.3 Å². The lowest BCUT2D eigenvalue weighted by atomic mass is 10.0. The number of nitrogens with zero attached hydrogens (tertiary/aromatic N) is 2. The summed E-state index contributed by atoms with van der Waals surface area (Å²) < 4.78 is 0. The third-order valence-electron chi connectivity index (χ3n) is 4.99. The number of anilines is 2. The lowest BCUT2D eigenvalue weighted by Crippen LogP contribution is -2.49. The molecular weight excluding hydrogens is 376 g/mol. The number of carbonyl (C=O) groups excluding carboxylic acids is 1. The number of aromatic nitrogens is 2. The van der Waals surface area contributed by atoms with Crippen molar-refractivity contribution in [3.05, 3.63) is 46.9 Å². The van der Waals surface area contributed by atoms with Gasteiger partial charge in [-0.3, -0.25) is 4.79 Å². The lowest BCUT2D eigenvalue weighted by Gasteiger charge is -2.33. The molecule has 0 saturated carbocycles. The van der Waals surface area contributed by atoms with Crippen LogP contribution >= 0.6 is 11.6 Å². The van der Waals surface area contributed by atoms with Crippen molar-refractivity contribution in [2.24, 2.45) is 0 Å². The first-order valence-electron chi connectivity index (χ1n) is 9.61. The van der Waals surface area contributed by atoms with Crippen LogP contribution in [0.5, 0.6) is 0 Å². The molecule has 1 aliphatic rings. The molecule has 8 heteroatoms. The molecule has 1 aliphatic heterocycles. The number of fused-ring (bicyclic) bond motifs is 1. The van der Waals surface area contributed by atoms with Crippen LogP contribution in [0.15, 0.2) is 30.6 Å². The highest BCUT2D eigenvalue weighted by Gasteiger charge is 2.24. The van der Waals surface area contributed by atoms with Crippen molar-refractivity contribution in [1.82, 2.24) is 20.6 Å². The average Bonchev–Trinajstić information content (AvgIpc) is 2.71. The molecule has 0 fully saturated rings. The Morgan fingerprint density at radius 1 is 1.32 bits per heavy atom. The first-order valence-corrected chi connectivity index (χ1v) is 9.99. The van der Waals surface area contributed by atoms with Crippen molar-refractivity contribution >= 4 is 29.0 Å². The van der Waals surface area contributed by atoms with Gasteiger partial charge < -0.3 is 21.3 Å². The summed E-state index contributed by atoms with van der Waals surface area (Å²) >= 11 is 5.86. The van der Waals surface area contributed by atoms with E-state index in [1.165, 1.54) is 0 Å². The second-order valence-corrected chi connectivity index (χ2v) is 7.51. The van der Waals surface area contributed by atoms with Gasteiger partial charge in [-0.25, -0.2) is 9.97 Å². The zero-order chi connectivity index (χ0) is 20.1. The van der Waals surface area contributed by atoms with E-state index in [9.17, 15) is 4.79 Å². The molecule has 0 bridgehead atoms. The Kier molecular flexibility index (Phi) is 6.70. The van der Waals surface area contributed by atoms with Crippen molar-refractivity contribution in [3.8, 4) is 0 Å². The van der Waals surface area contributed by atoms with Crippen LogP contribution in [0.3, 0.4) is 0 Å². The van der Waals surface area contributed by atoms with Crippen LogP contribution < -0.4 is 21.3 Å². The topological polar surface area (TPSA) is 91.0 Å². The molecule has 4 N–H and O–H groups in total. The lowest BCUT2D eigenvalue weighted by molar-refractivity contribution is 0.0955. The van der Waals surface area contributed by atoms with Crippen molar-refractivity contribution in [1.29, 1.82) is 0 Å². The number of rotatable bonds is 7. The number of nitrogens with one attached hydrogen (secondary N) is 4. The molecule has 28 heavy (non-hydrogen) atoms. The van der Waals surface area contributed by atoms with Crippen LogP contribution in [0.2, 0.25) is 5.15 Å². The molecule has 3 heterocycles. The minimum atomic E-state index is -0.109. The predicted molar refractivity (Wildman–Crippen MR) is 113 cm³/mol. The molecule has 1 amide bonds. The molecule has 0 aromatic carbocycles. The molecule has 7 nitrogen and oxygen atoms in total. The van der Waals surface area contributed by atoms with E-state index in [1.54, 1.807) is 6.20 Å². The van der Waals surface area contributed by atoms with Crippen LogP contribution in [0.4, 0.5) is 11.5 Å². The molecule has 3 atom stereocenters. The molecule has 0 saturated heterocycles. The maximum absolute atomic E-state index is 12.0. The average molecular weight is 403 g/mol. The van der Waals surface area contributed by atoms with Gasteiger partial charge in [0.25, 0.3) is 5.91 Å². The van der Waals surface area contributed by atoms with Crippen molar-refractivity contribution < 1.29 is 4.79 Å². The smallest absolute Gasteiger partial charge is 0.252 e. The third-order valence-corrected chi connectivity index (χ3v) is 5.21. The fourth-order valence-corrected chi connectivity index (χ4v) is 3.26. The highest BCUT2D eigenvalue weighted by atomic mass is 35.5. The first-order chi connectivity index (χ1) is 13.5. The largest absolute Gasteiger partial charge is 0.380 e. The van der Waals surface area contributed by atoms with E-state index < -0.39 is 0 Å². The zero-order valence-corrected chi connectivity index (χ0v) is 17.2. The highest BCUT2D eigenvalue weighted by molar-refractivity contribution is 6.29. The van der Waals surface area contributed by atoms with Crippen molar-refractivity contribution in [2.75, 3.05) is 30.3 Å². The molecule has 0 radical (unpaired) electrons. The molecule has 2 aromatic rings. The van der Waals surface area contributed by atoms with Gasteiger partial charge in [0, 0.05) is 38.1 Å². The van der Waals surface area contributed by atoms with E-state index in [0.717, 1.165) is 30.2 Å². The second kappa shape index (κ2) is 9.21. The van der Waals surface area contributed by atoms with Gasteiger partial charge in [-0.2, -0.15) is 0 Å². The molecule has 3 rings (SSSR count). The summed E-state index contributed by atoms with van der Waals surface area (Å²) in [7, 11) is 0. The Morgan fingerprint density at radius 2 is 2.14 bits per heavy atom.